The second-order valence-corrected chi connectivity index (χ2v) is 7.47. The fraction of sp³-hybridized carbons (Fsp3) is 0.120. The zero-order valence-electron chi connectivity index (χ0n) is 17.4. The van der Waals surface area contributed by atoms with Gasteiger partial charge >= 0.3 is 0 Å². The van der Waals surface area contributed by atoms with Crippen LogP contribution < -0.4 is 15.0 Å². The highest BCUT2D eigenvalue weighted by Crippen LogP contribution is 2.38. The number of nitrogens with zero attached hydrogens (tertiary/aromatic N) is 1. The third-order valence-electron chi connectivity index (χ3n) is 4.80. The zero-order valence-corrected chi connectivity index (χ0v) is 17.4. The second kappa shape index (κ2) is 8.63. The van der Waals surface area contributed by atoms with E-state index in [0.717, 1.165) is 4.90 Å². The first-order chi connectivity index (χ1) is 15.3. The van der Waals surface area contributed by atoms with E-state index in [-0.39, 0.29) is 17.4 Å². The molecule has 1 aliphatic heterocycles. The molecule has 1 aliphatic rings. The predicted molar refractivity (Wildman–Crippen MR) is 118 cm³/mol. The van der Waals surface area contributed by atoms with Crippen molar-refractivity contribution >= 4 is 28.8 Å². The molecule has 0 spiro atoms. The van der Waals surface area contributed by atoms with Crippen molar-refractivity contribution in [3.8, 4) is 5.75 Å². The molecule has 0 aliphatic carbocycles. The summed E-state index contributed by atoms with van der Waals surface area (Å²) < 4.78 is 32.6. The van der Waals surface area contributed by atoms with E-state index in [4.69, 9.17) is 4.74 Å². The maximum Gasteiger partial charge on any atom is 0.282 e. The van der Waals surface area contributed by atoms with Crippen LogP contribution in [0.5, 0.6) is 5.75 Å². The summed E-state index contributed by atoms with van der Waals surface area (Å²) in [6.07, 6.45) is -0.176. The van der Waals surface area contributed by atoms with Crippen LogP contribution in [0.4, 0.5) is 20.2 Å². The number of para-hydroxylation sites is 2. The molecule has 0 atom stereocenters. The van der Waals surface area contributed by atoms with Crippen molar-refractivity contribution in [3.05, 3.63) is 95.7 Å². The molecule has 0 saturated heterocycles. The lowest BCUT2D eigenvalue weighted by Gasteiger charge is -2.20. The van der Waals surface area contributed by atoms with Crippen LogP contribution in [0.3, 0.4) is 0 Å². The molecular formula is C25H20F2N2O3. The summed E-state index contributed by atoms with van der Waals surface area (Å²) in [4.78, 5) is 28.0. The van der Waals surface area contributed by atoms with Crippen LogP contribution in [0.25, 0.3) is 5.57 Å². The average Bonchev–Trinajstić information content (AvgIpc) is 3.00. The van der Waals surface area contributed by atoms with E-state index >= 15 is 0 Å². The second-order valence-electron chi connectivity index (χ2n) is 7.47. The molecule has 3 aromatic carbocycles. The smallest absolute Gasteiger partial charge is 0.282 e. The molecular weight excluding hydrogens is 414 g/mol. The highest BCUT2D eigenvalue weighted by atomic mass is 19.1. The summed E-state index contributed by atoms with van der Waals surface area (Å²) in [5.41, 5.74) is 1.19. The molecule has 32 heavy (non-hydrogen) atoms. The number of carbonyl (C=O) groups is 2. The molecule has 2 amide bonds. The predicted octanol–water partition coefficient (Wildman–Crippen LogP) is 5.15. The first kappa shape index (κ1) is 21.2. The molecule has 5 nitrogen and oxygen atoms in total. The summed E-state index contributed by atoms with van der Waals surface area (Å²) in [7, 11) is 0. The van der Waals surface area contributed by atoms with Gasteiger partial charge < -0.3 is 10.1 Å². The van der Waals surface area contributed by atoms with Gasteiger partial charge in [-0.3, -0.25) is 9.59 Å². The van der Waals surface area contributed by atoms with Gasteiger partial charge in [0.25, 0.3) is 11.8 Å². The molecule has 1 N–H and O–H groups in total. The quantitative estimate of drug-likeness (QED) is 0.546. The van der Waals surface area contributed by atoms with Crippen LogP contribution in [0.1, 0.15) is 19.4 Å². The van der Waals surface area contributed by atoms with Crippen molar-refractivity contribution in [2.75, 3.05) is 10.2 Å². The van der Waals surface area contributed by atoms with E-state index in [1.54, 1.807) is 24.3 Å². The summed E-state index contributed by atoms with van der Waals surface area (Å²) >= 11 is 0. The van der Waals surface area contributed by atoms with Crippen molar-refractivity contribution < 1.29 is 23.1 Å². The minimum absolute atomic E-state index is 0.00701. The van der Waals surface area contributed by atoms with Crippen molar-refractivity contribution in [2.45, 2.75) is 20.0 Å². The fourth-order valence-corrected chi connectivity index (χ4v) is 3.42. The molecule has 1 heterocycles. The Bertz CT molecular complexity index is 1200. The van der Waals surface area contributed by atoms with Crippen molar-refractivity contribution in [1.82, 2.24) is 0 Å². The van der Waals surface area contributed by atoms with Crippen LogP contribution >= 0.6 is 0 Å². The van der Waals surface area contributed by atoms with Gasteiger partial charge in [-0.25, -0.2) is 13.7 Å². The number of amides is 2. The Balaban J connectivity index is 1.82. The number of rotatable bonds is 6. The lowest BCUT2D eigenvalue weighted by molar-refractivity contribution is -0.120. The first-order valence-electron chi connectivity index (χ1n) is 10.0. The van der Waals surface area contributed by atoms with Gasteiger partial charge in [0.1, 0.15) is 23.1 Å². The number of ether oxygens (including phenoxy) is 1. The SMILES string of the molecule is CC(C)Oc1ccccc1N1C(=O)C(Nc2ccc(F)cc2)=C(c2ccc(F)cc2)C1=O. The Morgan fingerprint density at radius 2 is 1.41 bits per heavy atom. The van der Waals surface area contributed by atoms with Gasteiger partial charge in [0, 0.05) is 5.69 Å². The van der Waals surface area contributed by atoms with Crippen LogP contribution in [-0.4, -0.2) is 17.9 Å². The molecule has 0 fully saturated rings. The summed E-state index contributed by atoms with van der Waals surface area (Å²) in [6, 6.07) is 17.4. The van der Waals surface area contributed by atoms with E-state index in [9.17, 15) is 18.4 Å². The van der Waals surface area contributed by atoms with E-state index < -0.39 is 23.4 Å². The molecule has 7 heteroatoms. The Hall–Kier alpha value is -4.00. The fourth-order valence-electron chi connectivity index (χ4n) is 3.42. The molecule has 0 saturated carbocycles. The highest BCUT2D eigenvalue weighted by molar-refractivity contribution is 6.46. The highest BCUT2D eigenvalue weighted by Gasteiger charge is 2.41. The minimum atomic E-state index is -0.599. The number of hydrogen-bond acceptors (Lipinski definition) is 4. The standard InChI is InChI=1S/C25H20F2N2O3/c1-15(2)32-21-6-4-3-5-20(21)29-24(30)22(16-7-9-17(26)10-8-16)23(25(29)31)28-19-13-11-18(27)12-14-19/h3-15,28H,1-2H3. The Labute approximate surface area is 183 Å². The minimum Gasteiger partial charge on any atom is -0.489 e. The van der Waals surface area contributed by atoms with Crippen molar-refractivity contribution in [3.63, 3.8) is 0 Å². The number of nitrogens with one attached hydrogen (secondary N) is 1. The molecule has 0 bridgehead atoms. The van der Waals surface area contributed by atoms with Gasteiger partial charge in [-0.1, -0.05) is 24.3 Å². The molecule has 3 aromatic rings. The molecule has 162 valence electrons. The third-order valence-corrected chi connectivity index (χ3v) is 4.80. The summed E-state index contributed by atoms with van der Waals surface area (Å²) in [6.45, 7) is 3.68. The van der Waals surface area contributed by atoms with E-state index in [0.29, 0.717) is 22.7 Å². The normalized spacial score (nSPS) is 13.8. The van der Waals surface area contributed by atoms with Gasteiger partial charge in [-0.05, 0) is 67.9 Å². The Kier molecular flexibility index (Phi) is 5.73. The number of imide groups is 1. The van der Waals surface area contributed by atoms with Crippen molar-refractivity contribution in [2.24, 2.45) is 0 Å². The van der Waals surface area contributed by atoms with Gasteiger partial charge in [-0.15, -0.1) is 0 Å². The van der Waals surface area contributed by atoms with Crippen LogP contribution in [0.15, 0.2) is 78.5 Å². The third kappa shape index (κ3) is 4.09. The maximum absolute atomic E-state index is 13.5. The van der Waals surface area contributed by atoms with Crippen molar-refractivity contribution in [1.29, 1.82) is 0 Å². The summed E-state index contributed by atoms with van der Waals surface area (Å²) in [5.74, 6) is -1.69. The van der Waals surface area contributed by atoms with E-state index in [1.807, 2.05) is 13.8 Å². The van der Waals surface area contributed by atoms with Gasteiger partial charge in [-0.2, -0.15) is 0 Å². The average molecular weight is 434 g/mol. The summed E-state index contributed by atoms with van der Waals surface area (Å²) in [5, 5.41) is 2.94. The number of hydrogen-bond donors (Lipinski definition) is 1. The Morgan fingerprint density at radius 1 is 0.812 bits per heavy atom. The molecule has 0 aromatic heterocycles. The molecule has 0 unspecified atom stereocenters. The lowest BCUT2D eigenvalue weighted by atomic mass is 10.0. The van der Waals surface area contributed by atoms with Gasteiger partial charge in [0.05, 0.1) is 17.4 Å². The topological polar surface area (TPSA) is 58.6 Å². The van der Waals surface area contributed by atoms with Crippen LogP contribution in [-0.2, 0) is 9.59 Å². The zero-order chi connectivity index (χ0) is 22.8. The van der Waals surface area contributed by atoms with E-state index in [2.05, 4.69) is 5.32 Å². The largest absolute Gasteiger partial charge is 0.489 e. The monoisotopic (exact) mass is 434 g/mol. The van der Waals surface area contributed by atoms with Crippen LogP contribution in [0.2, 0.25) is 0 Å². The first-order valence-corrected chi connectivity index (χ1v) is 10.0. The number of carbonyl (C=O) groups excluding carboxylic acids is 2. The number of anilines is 2. The number of benzene rings is 3. The molecule has 4 rings (SSSR count). The Morgan fingerprint density at radius 3 is 2.03 bits per heavy atom. The van der Waals surface area contributed by atoms with Gasteiger partial charge in [0.15, 0.2) is 0 Å². The lowest BCUT2D eigenvalue weighted by Crippen LogP contribution is -2.33. The van der Waals surface area contributed by atoms with Gasteiger partial charge in [0.2, 0.25) is 0 Å². The van der Waals surface area contributed by atoms with E-state index in [1.165, 1.54) is 48.5 Å². The van der Waals surface area contributed by atoms with Crippen LogP contribution in [0, 0.1) is 11.6 Å². The molecule has 0 radical (unpaired) electrons. The number of halogens is 2. The maximum atomic E-state index is 13.5.